The van der Waals surface area contributed by atoms with Crippen LogP contribution in [0.2, 0.25) is 0 Å². The van der Waals surface area contributed by atoms with Gasteiger partial charge in [0, 0.05) is 26.0 Å². The first kappa shape index (κ1) is 14.0. The SMILES string of the molecule is CCOCCCNC(=O)NC=C1CCOCC1. The summed E-state index contributed by atoms with van der Waals surface area (Å²) in [5, 5.41) is 5.51. The predicted molar refractivity (Wildman–Crippen MR) is 65.8 cm³/mol. The maximum Gasteiger partial charge on any atom is 0.318 e. The lowest BCUT2D eigenvalue weighted by molar-refractivity contribution is 0.119. The number of urea groups is 1. The molecule has 0 atom stereocenters. The average Bonchev–Trinajstić information content (AvgIpc) is 2.37. The van der Waals surface area contributed by atoms with E-state index in [4.69, 9.17) is 9.47 Å². The molecule has 5 nitrogen and oxygen atoms in total. The van der Waals surface area contributed by atoms with E-state index in [1.165, 1.54) is 5.57 Å². The fourth-order valence-corrected chi connectivity index (χ4v) is 1.52. The first-order chi connectivity index (χ1) is 8.33. The zero-order chi connectivity index (χ0) is 12.3. The van der Waals surface area contributed by atoms with Crippen LogP contribution in [-0.4, -0.2) is 39.0 Å². The lowest BCUT2D eigenvalue weighted by Crippen LogP contribution is -2.33. The molecule has 1 heterocycles. The second-order valence-electron chi connectivity index (χ2n) is 3.87. The molecule has 5 heteroatoms. The van der Waals surface area contributed by atoms with E-state index in [1.807, 2.05) is 6.92 Å². The molecule has 1 aliphatic rings. The molecule has 2 amide bonds. The van der Waals surface area contributed by atoms with Crippen LogP contribution in [0.1, 0.15) is 26.2 Å². The molecule has 0 aliphatic carbocycles. The minimum Gasteiger partial charge on any atom is -0.382 e. The van der Waals surface area contributed by atoms with Gasteiger partial charge < -0.3 is 20.1 Å². The summed E-state index contributed by atoms with van der Waals surface area (Å²) < 4.78 is 10.4. The van der Waals surface area contributed by atoms with Crippen molar-refractivity contribution in [3.05, 3.63) is 11.8 Å². The van der Waals surface area contributed by atoms with Gasteiger partial charge >= 0.3 is 6.03 Å². The van der Waals surface area contributed by atoms with Crippen LogP contribution in [0.4, 0.5) is 4.79 Å². The molecule has 0 bridgehead atoms. The Morgan fingerprint density at radius 3 is 2.94 bits per heavy atom. The maximum absolute atomic E-state index is 11.4. The number of carbonyl (C=O) groups is 1. The van der Waals surface area contributed by atoms with E-state index in [1.54, 1.807) is 6.20 Å². The molecule has 0 saturated carbocycles. The highest BCUT2D eigenvalue weighted by molar-refractivity contribution is 5.74. The average molecular weight is 242 g/mol. The number of ether oxygens (including phenoxy) is 2. The van der Waals surface area contributed by atoms with E-state index >= 15 is 0 Å². The molecule has 1 saturated heterocycles. The van der Waals surface area contributed by atoms with E-state index in [9.17, 15) is 4.79 Å². The molecule has 2 N–H and O–H groups in total. The molecule has 0 aromatic carbocycles. The Balaban J connectivity index is 2.04. The predicted octanol–water partition coefficient (Wildman–Crippen LogP) is 1.41. The van der Waals surface area contributed by atoms with Gasteiger partial charge in [-0.1, -0.05) is 0 Å². The van der Waals surface area contributed by atoms with Crippen LogP contribution in [0.3, 0.4) is 0 Å². The maximum atomic E-state index is 11.4. The van der Waals surface area contributed by atoms with Crippen molar-refractivity contribution in [3.8, 4) is 0 Å². The largest absolute Gasteiger partial charge is 0.382 e. The van der Waals surface area contributed by atoms with Gasteiger partial charge in [-0.25, -0.2) is 4.79 Å². The smallest absolute Gasteiger partial charge is 0.318 e. The van der Waals surface area contributed by atoms with E-state index in [2.05, 4.69) is 10.6 Å². The van der Waals surface area contributed by atoms with Crippen LogP contribution in [0.25, 0.3) is 0 Å². The molecule has 98 valence electrons. The normalized spacial score (nSPS) is 15.5. The topological polar surface area (TPSA) is 59.6 Å². The molecule has 1 rings (SSSR count). The Labute approximate surface area is 103 Å². The van der Waals surface area contributed by atoms with Gasteiger partial charge in [0.2, 0.25) is 0 Å². The van der Waals surface area contributed by atoms with Gasteiger partial charge in [0.25, 0.3) is 0 Å². The fourth-order valence-electron chi connectivity index (χ4n) is 1.52. The first-order valence-electron chi connectivity index (χ1n) is 6.20. The first-order valence-corrected chi connectivity index (χ1v) is 6.20. The summed E-state index contributed by atoms with van der Waals surface area (Å²) in [6.45, 7) is 5.51. The summed E-state index contributed by atoms with van der Waals surface area (Å²) in [5.74, 6) is 0. The van der Waals surface area contributed by atoms with Crippen molar-refractivity contribution in [1.82, 2.24) is 10.6 Å². The number of carbonyl (C=O) groups excluding carboxylic acids is 1. The third kappa shape index (κ3) is 6.97. The van der Waals surface area contributed by atoms with Crippen molar-refractivity contribution in [1.29, 1.82) is 0 Å². The van der Waals surface area contributed by atoms with Crippen molar-refractivity contribution in [2.24, 2.45) is 0 Å². The number of rotatable bonds is 6. The van der Waals surface area contributed by atoms with Gasteiger partial charge in [-0.05, 0) is 31.8 Å². The summed E-state index contributed by atoms with van der Waals surface area (Å²) in [6.07, 6.45) is 4.45. The molecule has 0 spiro atoms. The second-order valence-corrected chi connectivity index (χ2v) is 3.87. The highest BCUT2D eigenvalue weighted by Crippen LogP contribution is 2.11. The van der Waals surface area contributed by atoms with Gasteiger partial charge in [0.1, 0.15) is 0 Å². The Morgan fingerprint density at radius 1 is 1.47 bits per heavy atom. The number of amides is 2. The third-order valence-corrected chi connectivity index (χ3v) is 2.50. The van der Waals surface area contributed by atoms with Crippen molar-refractivity contribution < 1.29 is 14.3 Å². The van der Waals surface area contributed by atoms with Gasteiger partial charge in [0.15, 0.2) is 0 Å². The van der Waals surface area contributed by atoms with E-state index in [0.717, 1.165) is 39.1 Å². The zero-order valence-electron chi connectivity index (χ0n) is 10.5. The van der Waals surface area contributed by atoms with Crippen molar-refractivity contribution in [2.75, 3.05) is 33.0 Å². The Hall–Kier alpha value is -1.07. The Morgan fingerprint density at radius 2 is 2.24 bits per heavy atom. The van der Waals surface area contributed by atoms with Crippen LogP contribution in [0.5, 0.6) is 0 Å². The van der Waals surface area contributed by atoms with E-state index in [0.29, 0.717) is 13.2 Å². The van der Waals surface area contributed by atoms with Crippen molar-refractivity contribution >= 4 is 6.03 Å². The second kappa shape index (κ2) is 9.01. The quantitative estimate of drug-likeness (QED) is 0.692. The molecule has 1 fully saturated rings. The molecular weight excluding hydrogens is 220 g/mol. The van der Waals surface area contributed by atoms with Crippen LogP contribution < -0.4 is 10.6 Å². The molecule has 0 radical (unpaired) electrons. The van der Waals surface area contributed by atoms with Crippen molar-refractivity contribution in [2.45, 2.75) is 26.2 Å². The van der Waals surface area contributed by atoms with Crippen molar-refractivity contribution in [3.63, 3.8) is 0 Å². The highest BCUT2D eigenvalue weighted by atomic mass is 16.5. The molecular formula is C12H22N2O3. The van der Waals surface area contributed by atoms with Crippen LogP contribution >= 0.6 is 0 Å². The minimum absolute atomic E-state index is 0.152. The van der Waals surface area contributed by atoms with Crippen LogP contribution in [-0.2, 0) is 9.47 Å². The lowest BCUT2D eigenvalue weighted by atomic mass is 10.1. The van der Waals surface area contributed by atoms with Gasteiger partial charge in [-0.15, -0.1) is 0 Å². The summed E-state index contributed by atoms with van der Waals surface area (Å²) in [5.41, 5.74) is 1.24. The molecule has 0 aromatic heterocycles. The minimum atomic E-state index is -0.152. The molecule has 1 aliphatic heterocycles. The summed E-state index contributed by atoms with van der Waals surface area (Å²) in [7, 11) is 0. The molecule has 0 aromatic rings. The van der Waals surface area contributed by atoms with Gasteiger partial charge in [0.05, 0.1) is 13.2 Å². The zero-order valence-corrected chi connectivity index (χ0v) is 10.5. The van der Waals surface area contributed by atoms with Gasteiger partial charge in [-0.3, -0.25) is 0 Å². The molecule has 0 unspecified atom stereocenters. The number of hydrogen-bond donors (Lipinski definition) is 2. The third-order valence-electron chi connectivity index (χ3n) is 2.50. The van der Waals surface area contributed by atoms with E-state index in [-0.39, 0.29) is 6.03 Å². The van der Waals surface area contributed by atoms with Crippen LogP contribution in [0.15, 0.2) is 11.8 Å². The fraction of sp³-hybridized carbons (Fsp3) is 0.750. The van der Waals surface area contributed by atoms with Crippen LogP contribution in [0, 0.1) is 0 Å². The number of nitrogens with one attached hydrogen (secondary N) is 2. The standard InChI is InChI=1S/C12H22N2O3/c1-2-16-7-3-6-13-12(15)14-10-11-4-8-17-9-5-11/h10H,2-9H2,1H3,(H2,13,14,15). The number of hydrogen-bond acceptors (Lipinski definition) is 3. The lowest BCUT2D eigenvalue weighted by Gasteiger charge is -2.14. The van der Waals surface area contributed by atoms with Gasteiger partial charge in [-0.2, -0.15) is 0 Å². The Bertz CT molecular complexity index is 246. The summed E-state index contributed by atoms with van der Waals surface area (Å²) >= 11 is 0. The molecule has 17 heavy (non-hydrogen) atoms. The monoisotopic (exact) mass is 242 g/mol. The highest BCUT2D eigenvalue weighted by Gasteiger charge is 2.05. The Kier molecular flexibility index (Phi) is 7.42. The summed E-state index contributed by atoms with van der Waals surface area (Å²) in [6, 6.07) is -0.152. The van der Waals surface area contributed by atoms with E-state index < -0.39 is 0 Å². The summed E-state index contributed by atoms with van der Waals surface area (Å²) in [4.78, 5) is 11.4.